The van der Waals surface area contributed by atoms with E-state index in [-0.39, 0.29) is 0 Å². The highest BCUT2D eigenvalue weighted by atomic mass is 16.5. The van der Waals surface area contributed by atoms with Crippen molar-refractivity contribution in [2.24, 2.45) is 0 Å². The first-order valence-electron chi connectivity index (χ1n) is 14.8. The highest BCUT2D eigenvalue weighted by molar-refractivity contribution is 6.22. The van der Waals surface area contributed by atoms with Crippen LogP contribution in [0.25, 0.3) is 82.3 Å². The smallest absolute Gasteiger partial charge is 0.229 e. The van der Waals surface area contributed by atoms with Crippen LogP contribution >= 0.6 is 0 Å². The van der Waals surface area contributed by atoms with E-state index in [1.807, 2.05) is 24.4 Å². The Morgan fingerprint density at radius 1 is 0.545 bits per heavy atom. The van der Waals surface area contributed by atoms with Gasteiger partial charge in [0.25, 0.3) is 0 Å². The molecule has 3 aromatic heterocycles. The van der Waals surface area contributed by atoms with Crippen LogP contribution in [-0.4, -0.2) is 14.5 Å². The third-order valence-corrected chi connectivity index (χ3v) is 9.03. The van der Waals surface area contributed by atoms with E-state index in [0.717, 1.165) is 49.9 Å². The van der Waals surface area contributed by atoms with Gasteiger partial charge in [-0.25, -0.2) is 4.98 Å². The van der Waals surface area contributed by atoms with Crippen LogP contribution in [0.4, 0.5) is 0 Å². The van der Waals surface area contributed by atoms with Gasteiger partial charge in [-0.1, -0.05) is 91.0 Å². The Morgan fingerprint density at radius 2 is 1.30 bits per heavy atom. The molecule has 0 saturated heterocycles. The van der Waals surface area contributed by atoms with Crippen LogP contribution in [-0.2, 0) is 0 Å². The molecule has 0 bridgehead atoms. The van der Waals surface area contributed by atoms with E-state index in [9.17, 15) is 0 Å². The van der Waals surface area contributed by atoms with Crippen molar-refractivity contribution in [1.29, 1.82) is 0 Å². The van der Waals surface area contributed by atoms with Crippen molar-refractivity contribution in [2.75, 3.05) is 0 Å². The van der Waals surface area contributed by atoms with Crippen molar-refractivity contribution in [1.82, 2.24) is 14.5 Å². The molecule has 0 spiro atoms. The minimum atomic E-state index is 0.603. The van der Waals surface area contributed by atoms with Gasteiger partial charge >= 0.3 is 0 Å². The van der Waals surface area contributed by atoms with Gasteiger partial charge in [0.1, 0.15) is 5.75 Å². The second-order valence-electron chi connectivity index (χ2n) is 11.4. The topological polar surface area (TPSA) is 39.9 Å². The van der Waals surface area contributed by atoms with E-state index in [1.165, 1.54) is 38.2 Å². The first kappa shape index (κ1) is 23.6. The Balaban J connectivity index is 1.26. The average molecular weight is 562 g/mol. The van der Waals surface area contributed by atoms with Crippen molar-refractivity contribution < 1.29 is 4.74 Å². The fourth-order valence-electron chi connectivity index (χ4n) is 7.13. The number of benzene rings is 6. The number of hydrogen-bond acceptors (Lipinski definition) is 3. The summed E-state index contributed by atoms with van der Waals surface area (Å²) in [4.78, 5) is 9.77. The summed E-state index contributed by atoms with van der Waals surface area (Å²) >= 11 is 0. The lowest BCUT2D eigenvalue weighted by Gasteiger charge is -2.21. The molecule has 4 nitrogen and oxygen atoms in total. The van der Waals surface area contributed by atoms with Gasteiger partial charge in [0.15, 0.2) is 0 Å². The van der Waals surface area contributed by atoms with Gasteiger partial charge in [0.05, 0.1) is 27.6 Å². The number of nitrogens with zero attached hydrogens (tertiary/aromatic N) is 3. The molecule has 0 saturated carbocycles. The molecular weight excluding hydrogens is 538 g/mol. The lowest BCUT2D eigenvalue weighted by Crippen LogP contribution is -2.03. The van der Waals surface area contributed by atoms with E-state index in [2.05, 4.69) is 120 Å². The quantitative estimate of drug-likeness (QED) is 0.197. The van der Waals surface area contributed by atoms with Crippen LogP contribution in [0.5, 0.6) is 11.6 Å². The largest absolute Gasteiger partial charge is 0.437 e. The van der Waals surface area contributed by atoms with E-state index >= 15 is 0 Å². The fraction of sp³-hybridized carbons (Fsp3) is 0. The number of para-hydroxylation sites is 2. The van der Waals surface area contributed by atoms with Crippen molar-refractivity contribution in [2.45, 2.75) is 0 Å². The van der Waals surface area contributed by atoms with Gasteiger partial charge in [0, 0.05) is 50.4 Å². The number of ether oxygens (including phenoxy) is 1. The van der Waals surface area contributed by atoms with E-state index < -0.39 is 0 Å². The van der Waals surface area contributed by atoms with Crippen LogP contribution in [0.1, 0.15) is 0 Å². The van der Waals surface area contributed by atoms with Crippen LogP contribution in [0, 0.1) is 0 Å². The lowest BCUT2D eigenvalue weighted by atomic mass is 9.95. The molecule has 0 radical (unpaired) electrons. The van der Waals surface area contributed by atoms with Crippen LogP contribution in [0.3, 0.4) is 0 Å². The highest BCUT2D eigenvalue weighted by Gasteiger charge is 2.25. The maximum atomic E-state index is 6.62. The summed E-state index contributed by atoms with van der Waals surface area (Å²) in [5, 5.41) is 8.05. The first-order chi connectivity index (χ1) is 21.8. The zero-order valence-electron chi connectivity index (χ0n) is 23.5. The Labute approximate surface area is 252 Å². The molecule has 0 fully saturated rings. The summed E-state index contributed by atoms with van der Waals surface area (Å²) in [5.74, 6) is 1.36. The molecule has 1 aliphatic heterocycles. The number of aromatic nitrogens is 3. The molecule has 1 aliphatic rings. The second kappa shape index (κ2) is 8.76. The summed E-state index contributed by atoms with van der Waals surface area (Å²) in [7, 11) is 0. The predicted octanol–water partition coefficient (Wildman–Crippen LogP) is 10.5. The Kier molecular flexibility index (Phi) is 4.69. The molecule has 4 heteroatoms. The summed E-state index contributed by atoms with van der Waals surface area (Å²) in [6, 6.07) is 47.2. The number of rotatable bonds is 2. The lowest BCUT2D eigenvalue weighted by molar-refractivity contribution is 0.469. The molecular formula is C40H23N3O. The van der Waals surface area contributed by atoms with E-state index in [4.69, 9.17) is 14.7 Å². The molecule has 204 valence electrons. The van der Waals surface area contributed by atoms with Gasteiger partial charge in [-0.3, -0.25) is 4.98 Å². The zero-order chi connectivity index (χ0) is 28.8. The summed E-state index contributed by atoms with van der Waals surface area (Å²) in [6.07, 6.45) is 1.89. The van der Waals surface area contributed by atoms with Crippen molar-refractivity contribution >= 4 is 54.3 Å². The van der Waals surface area contributed by atoms with Gasteiger partial charge in [0.2, 0.25) is 5.88 Å². The van der Waals surface area contributed by atoms with Gasteiger partial charge in [-0.15, -0.1) is 0 Å². The fourth-order valence-corrected chi connectivity index (χ4v) is 7.13. The van der Waals surface area contributed by atoms with Gasteiger partial charge in [-0.2, -0.15) is 0 Å². The monoisotopic (exact) mass is 561 g/mol. The molecule has 0 atom stereocenters. The van der Waals surface area contributed by atoms with Gasteiger partial charge in [-0.05, 0) is 52.9 Å². The number of fused-ring (bicyclic) bond motifs is 9. The Hall–Kier alpha value is -6.00. The third-order valence-electron chi connectivity index (χ3n) is 9.03. The van der Waals surface area contributed by atoms with E-state index in [0.29, 0.717) is 5.88 Å². The molecule has 4 heterocycles. The minimum absolute atomic E-state index is 0.603. The molecule has 0 N–H and O–H groups in total. The predicted molar refractivity (Wildman–Crippen MR) is 180 cm³/mol. The zero-order valence-corrected chi connectivity index (χ0v) is 23.5. The standard InChI is InChI=1S/C40H23N3O/c1-2-10-24(11-3-1)32-23-33-28-14-7-9-17-35(28)43(39(33)30-15-5-4-12-26(30)32)25-18-19-31-36(22-25)44-40-37-29(20-21-41-38(31)37)27-13-6-8-16-34(27)42-40/h1-23H. The summed E-state index contributed by atoms with van der Waals surface area (Å²) < 4.78 is 9.00. The summed E-state index contributed by atoms with van der Waals surface area (Å²) in [5.41, 5.74) is 8.60. The average Bonchev–Trinajstić information content (AvgIpc) is 3.43. The molecule has 6 aromatic carbocycles. The minimum Gasteiger partial charge on any atom is -0.437 e. The van der Waals surface area contributed by atoms with E-state index in [1.54, 1.807) is 0 Å². The second-order valence-corrected chi connectivity index (χ2v) is 11.4. The van der Waals surface area contributed by atoms with Gasteiger partial charge < -0.3 is 9.30 Å². The molecule has 9 aromatic rings. The summed E-state index contributed by atoms with van der Waals surface area (Å²) in [6.45, 7) is 0. The maximum Gasteiger partial charge on any atom is 0.229 e. The molecule has 0 aliphatic carbocycles. The first-order valence-corrected chi connectivity index (χ1v) is 14.8. The SMILES string of the molecule is c1ccc(-c2cc3c4ccccc4n(-c4ccc5c(c4)Oc4nc6ccccc6c6ccnc-5c46)c3c3ccccc23)cc1. The highest BCUT2D eigenvalue weighted by Crippen LogP contribution is 2.48. The molecule has 0 amide bonds. The number of hydrogen-bond donors (Lipinski definition) is 0. The van der Waals surface area contributed by atoms with Crippen LogP contribution < -0.4 is 4.74 Å². The van der Waals surface area contributed by atoms with Crippen molar-refractivity contribution in [3.63, 3.8) is 0 Å². The number of pyridine rings is 2. The Bertz CT molecular complexity index is 2640. The normalized spacial score (nSPS) is 12.3. The maximum absolute atomic E-state index is 6.62. The van der Waals surface area contributed by atoms with Crippen LogP contribution in [0.15, 0.2) is 140 Å². The third kappa shape index (κ3) is 3.17. The van der Waals surface area contributed by atoms with Crippen molar-refractivity contribution in [3.8, 4) is 39.7 Å². The molecule has 10 rings (SSSR count). The Morgan fingerprint density at radius 3 is 2.18 bits per heavy atom. The molecule has 44 heavy (non-hydrogen) atoms. The molecule has 0 unspecified atom stereocenters. The van der Waals surface area contributed by atoms with Crippen LogP contribution in [0.2, 0.25) is 0 Å². The van der Waals surface area contributed by atoms with Crippen molar-refractivity contribution in [3.05, 3.63) is 140 Å².